The molecule has 1 N–H and O–H groups in total. The summed E-state index contributed by atoms with van der Waals surface area (Å²) in [6.07, 6.45) is 0.143. The molecule has 0 saturated heterocycles. The van der Waals surface area contributed by atoms with E-state index in [0.717, 1.165) is 25.2 Å². The van der Waals surface area contributed by atoms with Crippen molar-refractivity contribution in [2.75, 3.05) is 5.32 Å². The number of hydrogen-bond donors (Lipinski definition) is 1. The first-order chi connectivity index (χ1) is 8.54. The van der Waals surface area contributed by atoms with Gasteiger partial charge in [-0.3, -0.25) is 4.79 Å². The number of hydrogen-bond acceptors (Lipinski definition) is 3. The average molecular weight is 250 g/mol. The third-order valence-electron chi connectivity index (χ3n) is 3.01. The topological polar surface area (TPSA) is 70.7 Å². The summed E-state index contributed by atoms with van der Waals surface area (Å²) < 4.78 is 15.3. The molecule has 0 aromatic carbocycles. The number of carbonyl (C=O) groups is 1. The Morgan fingerprint density at radius 1 is 1.61 bits per heavy atom. The first kappa shape index (κ1) is 12.6. The lowest BCUT2D eigenvalue weighted by molar-refractivity contribution is -0.122. The van der Waals surface area contributed by atoms with Crippen LogP contribution in [0.3, 0.4) is 0 Å². The smallest absolute Gasteiger partial charge is 0.260 e. The van der Waals surface area contributed by atoms with Crippen molar-refractivity contribution in [1.29, 1.82) is 5.26 Å². The molecule has 96 valence electrons. The molecule has 1 atom stereocenters. The average Bonchev–Trinajstić information content (AvgIpc) is 2.87. The SMILES string of the molecule is CC(C)C(F)C(=O)Nc1nc2n(c1C#N)CCC2. The standard InChI is InChI=1S/C12H15FN4O/c1-7(2)10(13)12(18)16-11-8(6-14)17-5-3-4-9(17)15-11/h7,10H,3-5H2,1-2H3,(H,16,18). The minimum absolute atomic E-state index is 0.181. The molecule has 1 aromatic heterocycles. The zero-order valence-corrected chi connectivity index (χ0v) is 10.4. The molecule has 0 aliphatic carbocycles. The van der Waals surface area contributed by atoms with Crippen LogP contribution in [0.15, 0.2) is 0 Å². The summed E-state index contributed by atoms with van der Waals surface area (Å²) in [4.78, 5) is 15.8. The van der Waals surface area contributed by atoms with Crippen molar-refractivity contribution in [3.63, 3.8) is 0 Å². The summed E-state index contributed by atoms with van der Waals surface area (Å²) in [6, 6.07) is 2.01. The summed E-state index contributed by atoms with van der Waals surface area (Å²) >= 11 is 0. The van der Waals surface area contributed by atoms with Crippen LogP contribution < -0.4 is 5.32 Å². The molecule has 1 amide bonds. The van der Waals surface area contributed by atoms with Crippen LogP contribution in [0.5, 0.6) is 0 Å². The molecule has 0 saturated carbocycles. The highest BCUT2D eigenvalue weighted by atomic mass is 19.1. The zero-order chi connectivity index (χ0) is 13.3. The van der Waals surface area contributed by atoms with Crippen molar-refractivity contribution in [3.05, 3.63) is 11.5 Å². The van der Waals surface area contributed by atoms with Gasteiger partial charge in [-0.15, -0.1) is 0 Å². The highest BCUT2D eigenvalue weighted by molar-refractivity contribution is 5.94. The molecule has 0 spiro atoms. The van der Waals surface area contributed by atoms with Crippen LogP contribution >= 0.6 is 0 Å². The maximum atomic E-state index is 13.5. The summed E-state index contributed by atoms with van der Waals surface area (Å²) in [5.41, 5.74) is 0.312. The second-order valence-electron chi connectivity index (χ2n) is 4.73. The lowest BCUT2D eigenvalue weighted by atomic mass is 10.1. The minimum Gasteiger partial charge on any atom is -0.318 e. The predicted molar refractivity (Wildman–Crippen MR) is 63.6 cm³/mol. The molecule has 0 radical (unpaired) electrons. The van der Waals surface area contributed by atoms with Gasteiger partial charge >= 0.3 is 0 Å². The number of anilines is 1. The van der Waals surface area contributed by atoms with E-state index in [0.29, 0.717) is 5.69 Å². The van der Waals surface area contributed by atoms with Gasteiger partial charge in [0.15, 0.2) is 17.7 Å². The number of amides is 1. The fourth-order valence-electron chi connectivity index (χ4n) is 2.02. The first-order valence-electron chi connectivity index (χ1n) is 5.99. The van der Waals surface area contributed by atoms with E-state index < -0.39 is 18.0 Å². The largest absolute Gasteiger partial charge is 0.318 e. The third kappa shape index (κ3) is 2.08. The number of nitrogens with zero attached hydrogens (tertiary/aromatic N) is 3. The molecule has 1 aliphatic heterocycles. The van der Waals surface area contributed by atoms with Crippen LogP contribution in [-0.2, 0) is 17.8 Å². The lowest BCUT2D eigenvalue weighted by Gasteiger charge is -2.11. The van der Waals surface area contributed by atoms with Gasteiger partial charge in [0, 0.05) is 13.0 Å². The maximum Gasteiger partial charge on any atom is 0.260 e. The molecule has 0 fully saturated rings. The molecular weight excluding hydrogens is 235 g/mol. The molecule has 5 nitrogen and oxygen atoms in total. The van der Waals surface area contributed by atoms with Crippen molar-refractivity contribution in [3.8, 4) is 6.07 Å². The van der Waals surface area contributed by atoms with Crippen LogP contribution in [0.1, 0.15) is 31.8 Å². The Morgan fingerprint density at radius 3 is 2.94 bits per heavy atom. The summed E-state index contributed by atoms with van der Waals surface area (Å²) in [7, 11) is 0. The highest BCUT2D eigenvalue weighted by Gasteiger charge is 2.26. The number of fused-ring (bicyclic) bond motifs is 1. The Morgan fingerprint density at radius 2 is 2.33 bits per heavy atom. The van der Waals surface area contributed by atoms with Gasteiger partial charge in [0.2, 0.25) is 0 Å². The molecule has 6 heteroatoms. The van der Waals surface area contributed by atoms with Crippen LogP contribution in [0.2, 0.25) is 0 Å². The summed E-state index contributed by atoms with van der Waals surface area (Å²) in [5, 5.41) is 11.5. The van der Waals surface area contributed by atoms with Crippen molar-refractivity contribution >= 4 is 11.7 Å². The van der Waals surface area contributed by atoms with Crippen molar-refractivity contribution in [2.24, 2.45) is 5.92 Å². The van der Waals surface area contributed by atoms with E-state index in [1.54, 1.807) is 18.4 Å². The third-order valence-corrected chi connectivity index (χ3v) is 3.01. The van der Waals surface area contributed by atoms with Gasteiger partial charge in [-0.2, -0.15) is 5.26 Å². The Balaban J connectivity index is 2.21. The van der Waals surface area contributed by atoms with E-state index in [1.165, 1.54) is 0 Å². The maximum absolute atomic E-state index is 13.5. The Bertz CT molecular complexity index is 515. The second-order valence-corrected chi connectivity index (χ2v) is 4.73. The Labute approximate surface area is 105 Å². The number of rotatable bonds is 3. The first-order valence-corrected chi connectivity index (χ1v) is 5.99. The van der Waals surface area contributed by atoms with E-state index in [4.69, 9.17) is 5.26 Å². The molecule has 2 rings (SSSR count). The van der Waals surface area contributed by atoms with Gasteiger partial charge in [-0.25, -0.2) is 9.37 Å². The quantitative estimate of drug-likeness (QED) is 0.886. The van der Waals surface area contributed by atoms with Gasteiger partial charge < -0.3 is 9.88 Å². The van der Waals surface area contributed by atoms with E-state index in [1.807, 2.05) is 6.07 Å². The highest BCUT2D eigenvalue weighted by Crippen LogP contribution is 2.23. The van der Waals surface area contributed by atoms with E-state index in [9.17, 15) is 9.18 Å². The number of nitrogens with one attached hydrogen (secondary N) is 1. The van der Waals surface area contributed by atoms with Crippen molar-refractivity contribution in [2.45, 2.75) is 39.4 Å². The van der Waals surface area contributed by atoms with Crippen LogP contribution in [-0.4, -0.2) is 21.6 Å². The molecule has 18 heavy (non-hydrogen) atoms. The van der Waals surface area contributed by atoms with Gasteiger partial charge in [-0.05, 0) is 12.3 Å². The Kier molecular flexibility index (Phi) is 3.32. The number of alkyl halides is 1. The number of aryl methyl sites for hydroxylation is 1. The molecular formula is C12H15FN4O. The molecule has 2 heterocycles. The monoisotopic (exact) mass is 250 g/mol. The molecule has 1 aliphatic rings. The molecule has 1 aromatic rings. The van der Waals surface area contributed by atoms with Gasteiger partial charge in [0.25, 0.3) is 5.91 Å². The molecule has 1 unspecified atom stereocenters. The number of halogens is 1. The van der Waals surface area contributed by atoms with Crippen molar-refractivity contribution < 1.29 is 9.18 Å². The fourth-order valence-corrected chi connectivity index (χ4v) is 2.02. The number of imidazole rings is 1. The van der Waals surface area contributed by atoms with Crippen molar-refractivity contribution in [1.82, 2.24) is 9.55 Å². The van der Waals surface area contributed by atoms with Crippen LogP contribution in [0, 0.1) is 17.2 Å². The van der Waals surface area contributed by atoms with E-state index in [2.05, 4.69) is 10.3 Å². The van der Waals surface area contributed by atoms with Crippen LogP contribution in [0.25, 0.3) is 0 Å². The molecule has 0 bridgehead atoms. The van der Waals surface area contributed by atoms with Crippen LogP contribution in [0.4, 0.5) is 10.2 Å². The normalized spacial score (nSPS) is 15.3. The number of carbonyl (C=O) groups excluding carboxylic acids is 1. The number of aromatic nitrogens is 2. The van der Waals surface area contributed by atoms with Gasteiger partial charge in [0.1, 0.15) is 11.9 Å². The van der Waals surface area contributed by atoms with Gasteiger partial charge in [-0.1, -0.05) is 13.8 Å². The summed E-state index contributed by atoms with van der Waals surface area (Å²) in [5.74, 6) is -0.175. The lowest BCUT2D eigenvalue weighted by Crippen LogP contribution is -2.28. The summed E-state index contributed by atoms with van der Waals surface area (Å²) in [6.45, 7) is 3.98. The van der Waals surface area contributed by atoms with E-state index in [-0.39, 0.29) is 5.82 Å². The van der Waals surface area contributed by atoms with Gasteiger partial charge in [0.05, 0.1) is 0 Å². The predicted octanol–water partition coefficient (Wildman–Crippen LogP) is 1.63. The fraction of sp³-hybridized carbons (Fsp3) is 0.583. The van der Waals surface area contributed by atoms with E-state index >= 15 is 0 Å². The second kappa shape index (κ2) is 4.77. The minimum atomic E-state index is -1.59. The number of nitriles is 1. The Hall–Kier alpha value is -1.90. The zero-order valence-electron chi connectivity index (χ0n) is 10.4.